The summed E-state index contributed by atoms with van der Waals surface area (Å²) in [5.41, 5.74) is 0.407. The number of nitro groups is 1. The lowest BCUT2D eigenvalue weighted by Crippen LogP contribution is -2.05. The molecule has 0 atom stereocenters. The van der Waals surface area contributed by atoms with E-state index in [-0.39, 0.29) is 10.9 Å². The summed E-state index contributed by atoms with van der Waals surface area (Å²) in [5, 5.41) is 12.8. The van der Waals surface area contributed by atoms with Gasteiger partial charge < -0.3 is 5.32 Å². The number of nitrogens with one attached hydrogen (secondary N) is 1. The number of non-ortho nitro benzene ring substituents is 1. The summed E-state index contributed by atoms with van der Waals surface area (Å²) in [6, 6.07) is 5.85. The van der Waals surface area contributed by atoms with Crippen molar-refractivity contribution in [2.75, 3.05) is 11.1 Å². The zero-order valence-electron chi connectivity index (χ0n) is 8.10. The average molecular weight is 226 g/mol. The second-order valence-electron chi connectivity index (χ2n) is 2.65. The van der Waals surface area contributed by atoms with E-state index < -0.39 is 4.92 Å². The van der Waals surface area contributed by atoms with Crippen molar-refractivity contribution in [3.05, 3.63) is 34.4 Å². The van der Waals surface area contributed by atoms with Gasteiger partial charge >= 0.3 is 0 Å². The van der Waals surface area contributed by atoms with Crippen LogP contribution in [0.5, 0.6) is 0 Å². The number of nitrogens with zero attached hydrogens (tertiary/aromatic N) is 1. The standard InChI is InChI=1S/C9H10N2O3S/c1-2-15-9(12)10-7-4-3-5-8(6-7)11(13)14/h3-6H,2H2,1H3,(H,10,12). The maximum absolute atomic E-state index is 11.2. The Labute approximate surface area is 91.0 Å². The molecule has 0 unspecified atom stereocenters. The lowest BCUT2D eigenvalue weighted by molar-refractivity contribution is -0.384. The molecule has 1 aromatic rings. The molecule has 0 saturated heterocycles. The minimum atomic E-state index is -0.497. The van der Waals surface area contributed by atoms with Crippen LogP contribution in [-0.2, 0) is 0 Å². The molecule has 0 aliphatic rings. The molecule has 0 saturated carbocycles. The van der Waals surface area contributed by atoms with Crippen molar-refractivity contribution >= 4 is 28.4 Å². The van der Waals surface area contributed by atoms with E-state index in [4.69, 9.17) is 0 Å². The van der Waals surface area contributed by atoms with Crippen molar-refractivity contribution in [1.82, 2.24) is 0 Å². The molecule has 0 aromatic heterocycles. The minimum Gasteiger partial charge on any atom is -0.317 e. The van der Waals surface area contributed by atoms with Crippen LogP contribution in [0.25, 0.3) is 0 Å². The van der Waals surface area contributed by atoms with Crippen LogP contribution in [-0.4, -0.2) is 15.9 Å². The smallest absolute Gasteiger partial charge is 0.283 e. The highest BCUT2D eigenvalue weighted by Gasteiger charge is 2.07. The van der Waals surface area contributed by atoms with Crippen LogP contribution in [0.15, 0.2) is 24.3 Å². The SMILES string of the molecule is CCSC(=O)Nc1cccc([N+](=O)[O-])c1. The van der Waals surface area contributed by atoms with Gasteiger partial charge in [-0.3, -0.25) is 14.9 Å². The molecule has 80 valence electrons. The highest BCUT2D eigenvalue weighted by atomic mass is 32.2. The number of thioether (sulfide) groups is 1. The Balaban J connectivity index is 2.73. The summed E-state index contributed by atoms with van der Waals surface area (Å²) in [4.78, 5) is 21.1. The average Bonchev–Trinajstić information content (AvgIpc) is 2.18. The van der Waals surface area contributed by atoms with E-state index in [1.807, 2.05) is 6.92 Å². The van der Waals surface area contributed by atoms with Crippen molar-refractivity contribution in [3.8, 4) is 0 Å². The van der Waals surface area contributed by atoms with Gasteiger partial charge in [-0.05, 0) is 11.8 Å². The predicted molar refractivity (Wildman–Crippen MR) is 60.2 cm³/mol. The summed E-state index contributed by atoms with van der Waals surface area (Å²) in [7, 11) is 0. The molecular weight excluding hydrogens is 216 g/mol. The Morgan fingerprint density at radius 3 is 2.93 bits per heavy atom. The summed E-state index contributed by atoms with van der Waals surface area (Å²) in [5.74, 6) is 0.667. The summed E-state index contributed by atoms with van der Waals surface area (Å²) in [6.07, 6.45) is 0. The largest absolute Gasteiger partial charge is 0.317 e. The van der Waals surface area contributed by atoms with Gasteiger partial charge in [0.15, 0.2) is 0 Å². The maximum atomic E-state index is 11.2. The third kappa shape index (κ3) is 3.59. The molecule has 0 radical (unpaired) electrons. The second-order valence-corrected chi connectivity index (χ2v) is 3.89. The van der Waals surface area contributed by atoms with E-state index >= 15 is 0 Å². The van der Waals surface area contributed by atoms with Crippen molar-refractivity contribution in [3.63, 3.8) is 0 Å². The fraction of sp³-hybridized carbons (Fsp3) is 0.222. The fourth-order valence-corrected chi connectivity index (χ4v) is 1.43. The van der Waals surface area contributed by atoms with Crippen LogP contribution < -0.4 is 5.32 Å². The first-order valence-electron chi connectivity index (χ1n) is 4.31. The quantitative estimate of drug-likeness (QED) is 0.635. The number of nitro benzene ring substituents is 1. The Morgan fingerprint density at radius 2 is 2.33 bits per heavy atom. The van der Waals surface area contributed by atoms with E-state index in [9.17, 15) is 14.9 Å². The molecule has 0 bridgehead atoms. The van der Waals surface area contributed by atoms with Gasteiger partial charge in [0.2, 0.25) is 0 Å². The zero-order chi connectivity index (χ0) is 11.3. The molecule has 5 nitrogen and oxygen atoms in total. The molecule has 1 N–H and O–H groups in total. The van der Waals surface area contributed by atoms with E-state index in [0.29, 0.717) is 11.4 Å². The van der Waals surface area contributed by atoms with Gasteiger partial charge in [-0.1, -0.05) is 24.8 Å². The Hall–Kier alpha value is -1.56. The molecule has 0 fully saturated rings. The first-order valence-corrected chi connectivity index (χ1v) is 5.30. The fourth-order valence-electron chi connectivity index (χ4n) is 0.982. The Kier molecular flexibility index (Phi) is 4.11. The normalized spacial score (nSPS) is 9.67. The molecule has 0 aliphatic carbocycles. The predicted octanol–water partition coefficient (Wildman–Crippen LogP) is 2.88. The molecule has 0 spiro atoms. The van der Waals surface area contributed by atoms with Crippen LogP contribution in [0, 0.1) is 10.1 Å². The summed E-state index contributed by atoms with van der Waals surface area (Å²) in [6.45, 7) is 1.86. The molecular formula is C9H10N2O3S. The molecule has 1 aromatic carbocycles. The molecule has 0 aliphatic heterocycles. The lowest BCUT2D eigenvalue weighted by Gasteiger charge is -2.02. The lowest BCUT2D eigenvalue weighted by atomic mass is 10.3. The van der Waals surface area contributed by atoms with Gasteiger partial charge in [0, 0.05) is 17.8 Å². The Bertz CT molecular complexity index is 381. The molecule has 1 amide bonds. The van der Waals surface area contributed by atoms with Gasteiger partial charge in [-0.2, -0.15) is 0 Å². The van der Waals surface area contributed by atoms with Gasteiger partial charge in [0.05, 0.1) is 4.92 Å². The molecule has 15 heavy (non-hydrogen) atoms. The monoisotopic (exact) mass is 226 g/mol. The van der Waals surface area contributed by atoms with Crippen LogP contribution in [0.3, 0.4) is 0 Å². The Morgan fingerprint density at radius 1 is 1.60 bits per heavy atom. The number of carbonyl (C=O) groups excluding carboxylic acids is 1. The van der Waals surface area contributed by atoms with Crippen LogP contribution in [0.1, 0.15) is 6.92 Å². The van der Waals surface area contributed by atoms with E-state index in [2.05, 4.69) is 5.32 Å². The third-order valence-corrected chi connectivity index (χ3v) is 2.23. The van der Waals surface area contributed by atoms with Gasteiger partial charge in [-0.25, -0.2) is 0 Å². The van der Waals surface area contributed by atoms with E-state index in [0.717, 1.165) is 11.8 Å². The van der Waals surface area contributed by atoms with Crippen molar-refractivity contribution in [1.29, 1.82) is 0 Å². The topological polar surface area (TPSA) is 72.2 Å². The number of hydrogen-bond acceptors (Lipinski definition) is 4. The number of rotatable bonds is 3. The number of amides is 1. The third-order valence-electron chi connectivity index (χ3n) is 1.58. The number of hydrogen-bond donors (Lipinski definition) is 1. The first kappa shape index (κ1) is 11.5. The molecule has 0 heterocycles. The zero-order valence-corrected chi connectivity index (χ0v) is 8.91. The highest BCUT2D eigenvalue weighted by molar-refractivity contribution is 8.13. The van der Waals surface area contributed by atoms with Gasteiger partial charge in [-0.15, -0.1) is 0 Å². The van der Waals surface area contributed by atoms with Crippen molar-refractivity contribution < 1.29 is 9.72 Å². The highest BCUT2D eigenvalue weighted by Crippen LogP contribution is 2.18. The molecule has 1 rings (SSSR count). The number of anilines is 1. The van der Waals surface area contributed by atoms with Crippen LogP contribution in [0.4, 0.5) is 16.2 Å². The van der Waals surface area contributed by atoms with Crippen LogP contribution in [0.2, 0.25) is 0 Å². The van der Waals surface area contributed by atoms with Crippen molar-refractivity contribution in [2.24, 2.45) is 0 Å². The molecule has 6 heteroatoms. The van der Waals surface area contributed by atoms with E-state index in [1.54, 1.807) is 6.07 Å². The van der Waals surface area contributed by atoms with Crippen LogP contribution >= 0.6 is 11.8 Å². The number of benzene rings is 1. The van der Waals surface area contributed by atoms with Gasteiger partial charge in [0.1, 0.15) is 0 Å². The summed E-state index contributed by atoms with van der Waals surface area (Å²) < 4.78 is 0. The van der Waals surface area contributed by atoms with Crippen molar-refractivity contribution in [2.45, 2.75) is 6.92 Å². The number of carbonyl (C=O) groups is 1. The first-order chi connectivity index (χ1) is 7.13. The summed E-state index contributed by atoms with van der Waals surface area (Å²) >= 11 is 1.12. The second kappa shape index (κ2) is 5.35. The van der Waals surface area contributed by atoms with Gasteiger partial charge in [0.25, 0.3) is 10.9 Å². The van der Waals surface area contributed by atoms with E-state index in [1.165, 1.54) is 18.2 Å². The minimum absolute atomic E-state index is 0.0331. The maximum Gasteiger partial charge on any atom is 0.283 e.